The molecule has 0 saturated carbocycles. The number of rotatable bonds is 25. The molecule has 40 heavy (non-hydrogen) atoms. The molecule has 1 N–H and O–H groups in total. The summed E-state index contributed by atoms with van der Waals surface area (Å²) in [6.45, 7) is 4.53. The van der Waals surface area contributed by atoms with Crippen molar-refractivity contribution >= 4 is 20.9 Å². The van der Waals surface area contributed by atoms with Crippen LogP contribution < -0.4 is 0 Å². The highest BCUT2D eigenvalue weighted by atomic mass is 32.2. The van der Waals surface area contributed by atoms with Gasteiger partial charge in [-0.15, -0.1) is 0 Å². The first kappa shape index (κ1) is 34.8. The van der Waals surface area contributed by atoms with Crippen LogP contribution in [0.5, 0.6) is 0 Å². The Balaban J connectivity index is 1.75. The zero-order valence-corrected chi connectivity index (χ0v) is 26.8. The van der Waals surface area contributed by atoms with Gasteiger partial charge in [-0.3, -0.25) is 4.55 Å². The van der Waals surface area contributed by atoms with Crippen LogP contribution in [0.4, 0.5) is 0 Å². The Morgan fingerprint density at radius 1 is 0.525 bits per heavy atom. The molecule has 0 unspecified atom stereocenters. The van der Waals surface area contributed by atoms with E-state index in [0.29, 0.717) is 11.8 Å². The lowest BCUT2D eigenvalue weighted by atomic mass is 9.98. The molecule has 0 aliphatic rings. The van der Waals surface area contributed by atoms with Gasteiger partial charge in [0.1, 0.15) is 4.90 Å². The summed E-state index contributed by atoms with van der Waals surface area (Å²) in [5.41, 5.74) is 2.01. The van der Waals surface area contributed by atoms with Crippen molar-refractivity contribution in [2.45, 2.75) is 173 Å². The van der Waals surface area contributed by atoms with Crippen LogP contribution in [-0.2, 0) is 23.0 Å². The van der Waals surface area contributed by atoms with Gasteiger partial charge < -0.3 is 0 Å². The van der Waals surface area contributed by atoms with E-state index in [-0.39, 0.29) is 4.90 Å². The normalized spacial score (nSPS) is 12.0. The van der Waals surface area contributed by atoms with Crippen LogP contribution in [0.25, 0.3) is 10.8 Å². The van der Waals surface area contributed by atoms with E-state index in [2.05, 4.69) is 26.0 Å². The smallest absolute Gasteiger partial charge is 0.282 e. The third kappa shape index (κ3) is 14.5. The van der Waals surface area contributed by atoms with Crippen molar-refractivity contribution in [1.82, 2.24) is 0 Å². The van der Waals surface area contributed by atoms with Crippen molar-refractivity contribution in [2.24, 2.45) is 0 Å². The first-order valence-electron chi connectivity index (χ1n) is 17.0. The van der Waals surface area contributed by atoms with Crippen LogP contribution in [0, 0.1) is 0 Å². The first-order valence-corrected chi connectivity index (χ1v) is 18.4. The minimum Gasteiger partial charge on any atom is -0.282 e. The average molecular weight is 573 g/mol. The lowest BCUT2D eigenvalue weighted by Gasteiger charge is -2.12. The highest BCUT2D eigenvalue weighted by molar-refractivity contribution is 7.86. The van der Waals surface area contributed by atoms with Gasteiger partial charge in [0.05, 0.1) is 0 Å². The molecule has 4 heteroatoms. The zero-order valence-electron chi connectivity index (χ0n) is 26.0. The molecule has 0 heterocycles. The molecule has 3 nitrogen and oxygen atoms in total. The third-order valence-electron chi connectivity index (χ3n) is 8.49. The number of unbranched alkanes of at least 4 members (excludes halogenated alkanes) is 20. The topological polar surface area (TPSA) is 54.4 Å². The predicted molar refractivity (Wildman–Crippen MR) is 174 cm³/mol. The van der Waals surface area contributed by atoms with E-state index in [4.69, 9.17) is 0 Å². The molecule has 0 saturated heterocycles. The van der Waals surface area contributed by atoms with Gasteiger partial charge in [0.15, 0.2) is 0 Å². The van der Waals surface area contributed by atoms with Crippen molar-refractivity contribution in [1.29, 1.82) is 0 Å². The van der Waals surface area contributed by atoms with Crippen LogP contribution in [-0.4, -0.2) is 13.0 Å². The van der Waals surface area contributed by atoms with Crippen molar-refractivity contribution in [3.05, 3.63) is 41.5 Å². The fourth-order valence-corrected chi connectivity index (χ4v) is 6.99. The fraction of sp³-hybridized carbons (Fsp3) is 0.722. The van der Waals surface area contributed by atoms with Crippen LogP contribution >= 0.6 is 0 Å². The van der Waals surface area contributed by atoms with Gasteiger partial charge in [-0.05, 0) is 42.2 Å². The second-order valence-electron chi connectivity index (χ2n) is 12.2. The van der Waals surface area contributed by atoms with Crippen LogP contribution in [0.15, 0.2) is 35.2 Å². The van der Waals surface area contributed by atoms with Gasteiger partial charge in [-0.2, -0.15) is 8.42 Å². The quantitative estimate of drug-likeness (QED) is 0.0950. The Morgan fingerprint density at radius 2 is 0.950 bits per heavy atom. The molecule has 0 bridgehead atoms. The highest BCUT2D eigenvalue weighted by Gasteiger charge is 2.19. The van der Waals surface area contributed by atoms with Gasteiger partial charge in [0.2, 0.25) is 0 Å². The van der Waals surface area contributed by atoms with E-state index >= 15 is 0 Å². The summed E-state index contributed by atoms with van der Waals surface area (Å²) in [4.78, 5) is 0.123. The molecule has 0 spiro atoms. The van der Waals surface area contributed by atoms with E-state index in [9.17, 15) is 13.0 Å². The second kappa shape index (κ2) is 21.3. The summed E-state index contributed by atoms with van der Waals surface area (Å²) in [5, 5.41) is 1.57. The van der Waals surface area contributed by atoms with Crippen LogP contribution in [0.2, 0.25) is 0 Å². The predicted octanol–water partition coefficient (Wildman–Crippen LogP) is 11.8. The standard InChI is InChI=1S/C36H60O3S/c1-3-5-7-9-11-13-15-17-19-21-23-25-32-27-30-35-34(31-32)29-28-33(36(35)40(37,38)39)26-24-22-20-18-16-14-12-10-8-6-4-2/h27-31H,3-26H2,1-2H3,(H,37,38,39). The number of hydrogen-bond acceptors (Lipinski definition) is 2. The zero-order chi connectivity index (χ0) is 28.9. The van der Waals surface area contributed by atoms with Gasteiger partial charge in [0, 0.05) is 5.39 Å². The van der Waals surface area contributed by atoms with E-state index in [0.717, 1.165) is 30.2 Å². The lowest BCUT2D eigenvalue weighted by molar-refractivity contribution is 0.482. The van der Waals surface area contributed by atoms with E-state index in [1.165, 1.54) is 134 Å². The lowest BCUT2D eigenvalue weighted by Crippen LogP contribution is -2.05. The van der Waals surface area contributed by atoms with Crippen LogP contribution in [0.1, 0.15) is 166 Å². The molecule has 0 aliphatic heterocycles. The fourth-order valence-electron chi connectivity index (χ4n) is 6.03. The summed E-state index contributed by atoms with van der Waals surface area (Å²) in [5.74, 6) is 0. The number of aryl methyl sites for hydroxylation is 2. The molecule has 0 atom stereocenters. The minimum atomic E-state index is -4.28. The van der Waals surface area contributed by atoms with E-state index in [1.807, 2.05) is 18.2 Å². The molecule has 0 radical (unpaired) electrons. The molecule has 0 amide bonds. The van der Waals surface area contributed by atoms with Crippen LogP contribution in [0.3, 0.4) is 0 Å². The average Bonchev–Trinajstić information content (AvgIpc) is 2.93. The van der Waals surface area contributed by atoms with Crippen molar-refractivity contribution in [2.75, 3.05) is 0 Å². The van der Waals surface area contributed by atoms with Gasteiger partial charge in [0.25, 0.3) is 10.1 Å². The molecule has 0 aliphatic carbocycles. The molecule has 228 valence electrons. The molecule has 0 fully saturated rings. The highest BCUT2D eigenvalue weighted by Crippen LogP contribution is 2.29. The van der Waals surface area contributed by atoms with Gasteiger partial charge in [-0.1, -0.05) is 173 Å². The maximum atomic E-state index is 12.4. The largest absolute Gasteiger partial charge is 0.295 e. The SMILES string of the molecule is CCCCCCCCCCCCCc1ccc2c(S(=O)(=O)O)c(CCCCCCCCCCCCC)ccc2c1. The summed E-state index contributed by atoms with van der Waals surface area (Å²) in [7, 11) is -4.28. The maximum absolute atomic E-state index is 12.4. The monoisotopic (exact) mass is 572 g/mol. The summed E-state index contributed by atoms with van der Waals surface area (Å²) < 4.78 is 34.9. The van der Waals surface area contributed by atoms with E-state index in [1.54, 1.807) is 0 Å². The molecule has 2 aromatic rings. The second-order valence-corrected chi connectivity index (χ2v) is 13.5. The van der Waals surface area contributed by atoms with Crippen molar-refractivity contribution in [3.8, 4) is 0 Å². The number of benzene rings is 2. The molecular weight excluding hydrogens is 512 g/mol. The van der Waals surface area contributed by atoms with E-state index < -0.39 is 10.1 Å². The molecule has 0 aromatic heterocycles. The number of hydrogen-bond donors (Lipinski definition) is 1. The Bertz CT molecular complexity index is 1030. The summed E-state index contributed by atoms with van der Waals surface area (Å²) in [6.07, 6.45) is 30.4. The maximum Gasteiger partial charge on any atom is 0.295 e. The molecule has 2 rings (SSSR count). The molecule has 2 aromatic carbocycles. The first-order chi connectivity index (χ1) is 19.5. The van der Waals surface area contributed by atoms with Crippen molar-refractivity contribution < 1.29 is 13.0 Å². The van der Waals surface area contributed by atoms with Gasteiger partial charge in [-0.25, -0.2) is 0 Å². The Morgan fingerprint density at radius 3 is 1.40 bits per heavy atom. The Kier molecular flexibility index (Phi) is 18.6. The Hall–Kier alpha value is -1.39. The Labute approximate surface area is 247 Å². The number of fused-ring (bicyclic) bond motifs is 1. The van der Waals surface area contributed by atoms with Crippen molar-refractivity contribution in [3.63, 3.8) is 0 Å². The summed E-state index contributed by atoms with van der Waals surface area (Å²) >= 11 is 0. The van der Waals surface area contributed by atoms with Gasteiger partial charge >= 0.3 is 0 Å². The molecular formula is C36H60O3S. The minimum absolute atomic E-state index is 0.123. The third-order valence-corrected chi connectivity index (χ3v) is 9.49. The summed E-state index contributed by atoms with van der Waals surface area (Å²) in [6, 6.07) is 10.1.